The van der Waals surface area contributed by atoms with Gasteiger partial charge in [-0.15, -0.1) is 0 Å². The molecule has 0 radical (unpaired) electrons. The van der Waals surface area contributed by atoms with Gasteiger partial charge in [0, 0.05) is 12.0 Å². The van der Waals surface area contributed by atoms with Crippen molar-refractivity contribution in [1.82, 2.24) is 4.98 Å². The van der Waals surface area contributed by atoms with E-state index in [2.05, 4.69) is 18.8 Å². The molecule has 0 bridgehead atoms. The van der Waals surface area contributed by atoms with E-state index < -0.39 is 0 Å². The summed E-state index contributed by atoms with van der Waals surface area (Å²) in [6, 6.07) is 9.97. The van der Waals surface area contributed by atoms with Gasteiger partial charge >= 0.3 is 0 Å². The van der Waals surface area contributed by atoms with Crippen LogP contribution in [0.3, 0.4) is 0 Å². The van der Waals surface area contributed by atoms with Crippen molar-refractivity contribution in [1.29, 1.82) is 0 Å². The molecule has 0 unspecified atom stereocenters. The van der Waals surface area contributed by atoms with Gasteiger partial charge in [0.15, 0.2) is 0 Å². The van der Waals surface area contributed by atoms with Crippen LogP contribution in [-0.2, 0) is 6.42 Å². The van der Waals surface area contributed by atoms with E-state index in [1.54, 1.807) is 0 Å². The van der Waals surface area contributed by atoms with E-state index in [4.69, 9.17) is 4.42 Å². The van der Waals surface area contributed by atoms with Gasteiger partial charge in [0.1, 0.15) is 5.76 Å². The van der Waals surface area contributed by atoms with E-state index in [9.17, 15) is 0 Å². The lowest BCUT2D eigenvalue weighted by Crippen LogP contribution is -1.90. The fraction of sp³-hybridized carbons (Fsp3) is 0.308. The topological polar surface area (TPSA) is 26.0 Å². The Kier molecular flexibility index (Phi) is 2.86. The number of hydrogen-bond donors (Lipinski definition) is 0. The first-order chi connectivity index (χ1) is 7.25. The Morgan fingerprint density at radius 1 is 1.20 bits per heavy atom. The van der Waals surface area contributed by atoms with Crippen molar-refractivity contribution < 1.29 is 4.42 Å². The number of rotatable bonds is 3. The average Bonchev–Trinajstić information content (AvgIpc) is 2.67. The summed E-state index contributed by atoms with van der Waals surface area (Å²) in [5.74, 6) is 2.27. The Labute approximate surface area is 90.0 Å². The Morgan fingerprint density at radius 3 is 2.60 bits per heavy atom. The predicted molar refractivity (Wildman–Crippen MR) is 60.5 cm³/mol. The largest absolute Gasteiger partial charge is 0.441 e. The maximum absolute atomic E-state index is 5.67. The van der Waals surface area contributed by atoms with Crippen LogP contribution in [0.2, 0.25) is 0 Å². The van der Waals surface area contributed by atoms with Crippen LogP contribution < -0.4 is 0 Å². The summed E-state index contributed by atoms with van der Waals surface area (Å²) < 4.78 is 5.67. The molecule has 0 amide bonds. The van der Waals surface area contributed by atoms with Crippen molar-refractivity contribution in [3.63, 3.8) is 0 Å². The summed E-state index contributed by atoms with van der Waals surface area (Å²) in [7, 11) is 0. The monoisotopic (exact) mass is 201 g/mol. The number of benzene rings is 1. The summed E-state index contributed by atoms with van der Waals surface area (Å²) in [6.45, 7) is 4.34. The predicted octanol–water partition coefficient (Wildman–Crippen LogP) is 3.54. The Morgan fingerprint density at radius 2 is 1.93 bits per heavy atom. The van der Waals surface area contributed by atoms with E-state index >= 15 is 0 Å². The Bertz CT molecular complexity index is 417. The summed E-state index contributed by atoms with van der Waals surface area (Å²) in [5.41, 5.74) is 1.03. The van der Waals surface area contributed by atoms with Crippen molar-refractivity contribution in [2.45, 2.75) is 20.3 Å². The smallest absolute Gasteiger partial charge is 0.226 e. The Hall–Kier alpha value is -1.57. The number of nitrogens with zero attached hydrogens (tertiary/aromatic N) is 1. The molecule has 0 N–H and O–H groups in total. The first-order valence-electron chi connectivity index (χ1n) is 5.26. The zero-order valence-corrected chi connectivity index (χ0v) is 9.10. The summed E-state index contributed by atoms with van der Waals surface area (Å²) >= 11 is 0. The van der Waals surface area contributed by atoms with Gasteiger partial charge in [0.05, 0.1) is 6.20 Å². The third-order valence-corrected chi connectivity index (χ3v) is 2.18. The normalized spacial score (nSPS) is 10.9. The van der Waals surface area contributed by atoms with Crippen LogP contribution >= 0.6 is 0 Å². The standard InChI is InChI=1S/C13H15NO/c1-10(2)8-12-9-14-13(15-12)11-6-4-3-5-7-11/h3-7,9-10H,8H2,1-2H3. The van der Waals surface area contributed by atoms with Crippen LogP contribution in [0.25, 0.3) is 11.5 Å². The number of aromatic nitrogens is 1. The molecule has 1 aromatic heterocycles. The van der Waals surface area contributed by atoms with Crippen molar-refractivity contribution in [3.8, 4) is 11.5 Å². The lowest BCUT2D eigenvalue weighted by molar-refractivity contribution is 0.479. The Balaban J connectivity index is 2.21. The van der Waals surface area contributed by atoms with E-state index in [0.29, 0.717) is 11.8 Å². The molecule has 1 heterocycles. The van der Waals surface area contributed by atoms with Crippen molar-refractivity contribution in [3.05, 3.63) is 42.3 Å². The molecule has 0 atom stereocenters. The molecule has 78 valence electrons. The lowest BCUT2D eigenvalue weighted by atomic mass is 10.1. The van der Waals surface area contributed by atoms with Crippen LogP contribution in [0.1, 0.15) is 19.6 Å². The average molecular weight is 201 g/mol. The van der Waals surface area contributed by atoms with E-state index in [-0.39, 0.29) is 0 Å². The minimum atomic E-state index is 0.599. The van der Waals surface area contributed by atoms with Gasteiger partial charge in [0.2, 0.25) is 5.89 Å². The third kappa shape index (κ3) is 2.46. The highest BCUT2D eigenvalue weighted by atomic mass is 16.4. The maximum atomic E-state index is 5.67. The third-order valence-electron chi connectivity index (χ3n) is 2.18. The van der Waals surface area contributed by atoms with Gasteiger partial charge in [-0.2, -0.15) is 0 Å². The summed E-state index contributed by atoms with van der Waals surface area (Å²) in [4.78, 5) is 4.27. The van der Waals surface area contributed by atoms with E-state index in [0.717, 1.165) is 17.7 Å². The molecule has 0 spiro atoms. The molecule has 0 saturated carbocycles. The first-order valence-corrected chi connectivity index (χ1v) is 5.26. The van der Waals surface area contributed by atoms with Gasteiger partial charge < -0.3 is 4.42 Å². The van der Waals surface area contributed by atoms with Crippen molar-refractivity contribution in [2.75, 3.05) is 0 Å². The fourth-order valence-electron chi connectivity index (χ4n) is 1.52. The summed E-state index contributed by atoms with van der Waals surface area (Å²) in [5, 5.41) is 0. The highest BCUT2D eigenvalue weighted by molar-refractivity contribution is 5.52. The molecule has 0 fully saturated rings. The molecule has 15 heavy (non-hydrogen) atoms. The fourth-order valence-corrected chi connectivity index (χ4v) is 1.52. The van der Waals surface area contributed by atoms with Crippen LogP contribution in [0.5, 0.6) is 0 Å². The van der Waals surface area contributed by atoms with E-state index in [1.165, 1.54) is 0 Å². The molecular formula is C13H15NO. The molecule has 2 aromatic rings. The number of hydrogen-bond acceptors (Lipinski definition) is 2. The van der Waals surface area contributed by atoms with Gasteiger partial charge in [-0.05, 0) is 18.1 Å². The molecule has 2 rings (SSSR count). The molecule has 1 aromatic carbocycles. The quantitative estimate of drug-likeness (QED) is 0.759. The SMILES string of the molecule is CC(C)Cc1cnc(-c2ccccc2)o1. The molecule has 2 nitrogen and oxygen atoms in total. The van der Waals surface area contributed by atoms with Gasteiger partial charge in [0.25, 0.3) is 0 Å². The highest BCUT2D eigenvalue weighted by Gasteiger charge is 2.06. The molecule has 0 saturated heterocycles. The second-order valence-electron chi connectivity index (χ2n) is 4.10. The van der Waals surface area contributed by atoms with Crippen LogP contribution in [0.15, 0.2) is 40.9 Å². The van der Waals surface area contributed by atoms with Crippen LogP contribution in [-0.4, -0.2) is 4.98 Å². The molecule has 0 aliphatic heterocycles. The van der Waals surface area contributed by atoms with Crippen LogP contribution in [0, 0.1) is 5.92 Å². The zero-order chi connectivity index (χ0) is 10.7. The number of oxazole rings is 1. The molecule has 0 aliphatic carbocycles. The summed E-state index contributed by atoms with van der Waals surface area (Å²) in [6.07, 6.45) is 2.77. The second kappa shape index (κ2) is 4.30. The van der Waals surface area contributed by atoms with Gasteiger partial charge in [-0.25, -0.2) is 4.98 Å². The molecule has 0 aliphatic rings. The van der Waals surface area contributed by atoms with Crippen molar-refractivity contribution >= 4 is 0 Å². The van der Waals surface area contributed by atoms with Crippen molar-refractivity contribution in [2.24, 2.45) is 5.92 Å². The maximum Gasteiger partial charge on any atom is 0.226 e. The minimum Gasteiger partial charge on any atom is -0.441 e. The minimum absolute atomic E-state index is 0.599. The molecule has 2 heteroatoms. The van der Waals surface area contributed by atoms with Crippen LogP contribution in [0.4, 0.5) is 0 Å². The lowest BCUT2D eigenvalue weighted by Gasteiger charge is -1.98. The second-order valence-corrected chi connectivity index (χ2v) is 4.10. The molecular weight excluding hydrogens is 186 g/mol. The van der Waals surface area contributed by atoms with Gasteiger partial charge in [-0.3, -0.25) is 0 Å². The van der Waals surface area contributed by atoms with Gasteiger partial charge in [-0.1, -0.05) is 32.0 Å². The first kappa shape index (κ1) is 9.97. The van der Waals surface area contributed by atoms with E-state index in [1.807, 2.05) is 36.5 Å². The zero-order valence-electron chi connectivity index (χ0n) is 9.10. The highest BCUT2D eigenvalue weighted by Crippen LogP contribution is 2.19.